The number of ether oxygens (including phenoxy) is 2. The SMILES string of the molecule is O=S(=O)(c1ccc(O)cc1)c1ccc(-c2ccc(S(=O)(=O)c3ccccc3)c3c2OCc2ccccc2CO3)cc1. The Morgan fingerprint density at radius 3 is 1.63 bits per heavy atom. The number of sulfone groups is 2. The summed E-state index contributed by atoms with van der Waals surface area (Å²) in [5, 5.41) is 9.52. The molecule has 1 aliphatic heterocycles. The van der Waals surface area contributed by atoms with Crippen molar-refractivity contribution in [3.8, 4) is 28.4 Å². The van der Waals surface area contributed by atoms with Crippen molar-refractivity contribution in [1.82, 2.24) is 0 Å². The minimum Gasteiger partial charge on any atom is -0.508 e. The Morgan fingerprint density at radius 1 is 0.512 bits per heavy atom. The van der Waals surface area contributed by atoms with E-state index in [0.717, 1.165) is 11.1 Å². The summed E-state index contributed by atoms with van der Waals surface area (Å²) in [5.41, 5.74) is 2.97. The molecule has 0 unspecified atom stereocenters. The Kier molecular flexibility index (Phi) is 6.76. The Morgan fingerprint density at radius 2 is 1.02 bits per heavy atom. The first kappa shape index (κ1) is 26.6. The van der Waals surface area contributed by atoms with Crippen LogP contribution in [0.2, 0.25) is 0 Å². The highest BCUT2D eigenvalue weighted by Gasteiger charge is 2.29. The van der Waals surface area contributed by atoms with Crippen LogP contribution in [0.1, 0.15) is 11.1 Å². The third-order valence-electron chi connectivity index (χ3n) is 6.90. The Hall–Kier alpha value is -4.60. The molecule has 9 heteroatoms. The number of phenolic OH excluding ortho intramolecular Hbond substituents is 1. The molecule has 1 heterocycles. The second-order valence-corrected chi connectivity index (χ2v) is 13.3. The lowest BCUT2D eigenvalue weighted by atomic mass is 10.0. The first-order chi connectivity index (χ1) is 19.7. The summed E-state index contributed by atoms with van der Waals surface area (Å²) in [4.78, 5) is 0.237. The van der Waals surface area contributed by atoms with Crippen LogP contribution < -0.4 is 9.47 Å². The number of aromatic hydroxyl groups is 1. The van der Waals surface area contributed by atoms with Gasteiger partial charge in [0.1, 0.15) is 23.9 Å². The topological polar surface area (TPSA) is 107 Å². The van der Waals surface area contributed by atoms with E-state index >= 15 is 0 Å². The first-order valence-electron chi connectivity index (χ1n) is 12.7. The average Bonchev–Trinajstić information content (AvgIpc) is 2.98. The van der Waals surface area contributed by atoms with Gasteiger partial charge >= 0.3 is 0 Å². The van der Waals surface area contributed by atoms with Gasteiger partial charge in [0.2, 0.25) is 19.7 Å². The van der Waals surface area contributed by atoms with Crippen LogP contribution in [0.5, 0.6) is 17.2 Å². The van der Waals surface area contributed by atoms with Gasteiger partial charge in [0, 0.05) is 5.56 Å². The van der Waals surface area contributed by atoms with Gasteiger partial charge in [-0.2, -0.15) is 0 Å². The predicted molar refractivity (Wildman–Crippen MR) is 152 cm³/mol. The maximum atomic E-state index is 13.7. The number of hydrogen-bond acceptors (Lipinski definition) is 7. The largest absolute Gasteiger partial charge is 0.508 e. The van der Waals surface area contributed by atoms with Crippen LogP contribution in [0.4, 0.5) is 0 Å². The number of benzene rings is 5. The molecular weight excluding hydrogens is 560 g/mol. The molecule has 0 saturated carbocycles. The van der Waals surface area contributed by atoms with Gasteiger partial charge in [0.25, 0.3) is 0 Å². The van der Waals surface area contributed by atoms with Crippen molar-refractivity contribution in [1.29, 1.82) is 0 Å². The first-order valence-corrected chi connectivity index (χ1v) is 15.7. The molecule has 0 amide bonds. The van der Waals surface area contributed by atoms with Crippen molar-refractivity contribution in [2.24, 2.45) is 0 Å². The molecule has 0 atom stereocenters. The van der Waals surface area contributed by atoms with Gasteiger partial charge in [-0.05, 0) is 77.4 Å². The number of hydrogen-bond donors (Lipinski definition) is 1. The van der Waals surface area contributed by atoms with Gasteiger partial charge in [0.15, 0.2) is 11.5 Å². The van der Waals surface area contributed by atoms with Crippen molar-refractivity contribution in [2.45, 2.75) is 32.8 Å². The van der Waals surface area contributed by atoms with Crippen LogP contribution in [-0.4, -0.2) is 21.9 Å². The van der Waals surface area contributed by atoms with Gasteiger partial charge in [0.05, 0.1) is 14.7 Å². The summed E-state index contributed by atoms with van der Waals surface area (Å²) >= 11 is 0. The quantitative estimate of drug-likeness (QED) is 0.262. The molecule has 0 radical (unpaired) electrons. The molecule has 41 heavy (non-hydrogen) atoms. The summed E-state index contributed by atoms with van der Waals surface area (Å²) in [5.74, 6) is 0.325. The summed E-state index contributed by atoms with van der Waals surface area (Å²) < 4.78 is 66.1. The second kappa shape index (κ2) is 10.4. The molecule has 5 aromatic rings. The lowest BCUT2D eigenvalue weighted by molar-refractivity contribution is 0.233. The van der Waals surface area contributed by atoms with E-state index in [0.29, 0.717) is 11.1 Å². The van der Waals surface area contributed by atoms with Crippen LogP contribution in [0.15, 0.2) is 135 Å². The molecule has 0 aromatic heterocycles. The summed E-state index contributed by atoms with van der Waals surface area (Å²) in [7, 11) is -7.77. The molecule has 5 aromatic carbocycles. The van der Waals surface area contributed by atoms with Gasteiger partial charge in [-0.1, -0.05) is 54.6 Å². The standard InChI is InChI=1S/C32H24O7S2/c33-25-12-16-28(17-13-25)40(34,35)27-14-10-22(11-15-27)29-18-19-30(41(36,37)26-8-2-1-3-9-26)32-31(29)38-20-23-6-4-5-7-24(23)21-39-32/h1-19,33H,20-21H2. The predicted octanol–water partition coefficient (Wildman–Crippen LogP) is 6.20. The van der Waals surface area contributed by atoms with Crippen molar-refractivity contribution in [3.05, 3.63) is 126 Å². The Labute approximate surface area is 238 Å². The Balaban J connectivity index is 1.46. The molecule has 1 N–H and O–H groups in total. The monoisotopic (exact) mass is 584 g/mol. The van der Waals surface area contributed by atoms with Crippen LogP contribution >= 0.6 is 0 Å². The van der Waals surface area contributed by atoms with E-state index in [2.05, 4.69) is 0 Å². The zero-order valence-electron chi connectivity index (χ0n) is 21.6. The number of phenols is 1. The third-order valence-corrected chi connectivity index (χ3v) is 10.5. The lowest BCUT2D eigenvalue weighted by Crippen LogP contribution is -2.13. The van der Waals surface area contributed by atoms with E-state index in [-0.39, 0.29) is 50.0 Å². The molecule has 6 rings (SSSR count). The average molecular weight is 585 g/mol. The summed E-state index contributed by atoms with van der Waals surface area (Å²) in [6.07, 6.45) is 0. The van der Waals surface area contributed by atoms with E-state index in [1.807, 2.05) is 24.3 Å². The highest BCUT2D eigenvalue weighted by molar-refractivity contribution is 7.91. The van der Waals surface area contributed by atoms with Crippen molar-refractivity contribution >= 4 is 19.7 Å². The maximum absolute atomic E-state index is 13.7. The number of fused-ring (bicyclic) bond motifs is 2. The molecule has 7 nitrogen and oxygen atoms in total. The molecule has 0 bridgehead atoms. The molecular formula is C32H24O7S2. The van der Waals surface area contributed by atoms with Crippen molar-refractivity contribution in [3.63, 3.8) is 0 Å². The summed E-state index contributed by atoms with van der Waals surface area (Å²) in [6, 6.07) is 30.5. The molecule has 0 spiro atoms. The normalized spacial score (nSPS) is 13.1. The van der Waals surface area contributed by atoms with Crippen LogP contribution in [0.25, 0.3) is 11.1 Å². The van der Waals surface area contributed by atoms with E-state index in [9.17, 15) is 21.9 Å². The highest BCUT2D eigenvalue weighted by atomic mass is 32.2. The van der Waals surface area contributed by atoms with E-state index in [1.54, 1.807) is 36.4 Å². The zero-order chi connectivity index (χ0) is 28.6. The van der Waals surface area contributed by atoms with Gasteiger partial charge in [-0.15, -0.1) is 0 Å². The van der Waals surface area contributed by atoms with Gasteiger partial charge in [-0.3, -0.25) is 0 Å². The second-order valence-electron chi connectivity index (χ2n) is 9.45. The summed E-state index contributed by atoms with van der Waals surface area (Å²) in [6.45, 7) is 0.346. The van der Waals surface area contributed by atoms with E-state index in [1.165, 1.54) is 54.6 Å². The smallest absolute Gasteiger partial charge is 0.210 e. The van der Waals surface area contributed by atoms with Crippen LogP contribution in [-0.2, 0) is 32.9 Å². The van der Waals surface area contributed by atoms with Crippen LogP contribution in [0, 0.1) is 0 Å². The fourth-order valence-corrected chi connectivity index (χ4v) is 7.38. The molecule has 1 aliphatic rings. The minimum absolute atomic E-state index is 0.0200. The molecule has 0 fully saturated rings. The zero-order valence-corrected chi connectivity index (χ0v) is 23.2. The van der Waals surface area contributed by atoms with Crippen molar-refractivity contribution < 1.29 is 31.4 Å². The van der Waals surface area contributed by atoms with Gasteiger partial charge < -0.3 is 14.6 Å². The minimum atomic E-state index is -3.95. The molecule has 0 aliphatic carbocycles. The fourth-order valence-electron chi connectivity index (χ4n) is 4.70. The third kappa shape index (κ3) is 4.94. The van der Waals surface area contributed by atoms with Crippen LogP contribution in [0.3, 0.4) is 0 Å². The highest BCUT2D eigenvalue weighted by Crippen LogP contribution is 2.46. The fraction of sp³-hybridized carbons (Fsp3) is 0.0625. The van der Waals surface area contributed by atoms with E-state index < -0.39 is 19.7 Å². The molecule has 0 saturated heterocycles. The maximum Gasteiger partial charge on any atom is 0.210 e. The Bertz CT molecular complexity index is 1950. The number of rotatable bonds is 5. The van der Waals surface area contributed by atoms with Crippen molar-refractivity contribution in [2.75, 3.05) is 0 Å². The lowest BCUT2D eigenvalue weighted by Gasteiger charge is -2.23. The molecule has 206 valence electrons. The van der Waals surface area contributed by atoms with Gasteiger partial charge in [-0.25, -0.2) is 16.8 Å². The van der Waals surface area contributed by atoms with E-state index in [4.69, 9.17) is 9.47 Å².